The Morgan fingerprint density at radius 3 is 2.70 bits per heavy atom. The Balaban J connectivity index is 1.93. The lowest BCUT2D eigenvalue weighted by atomic mass is 9.78. The summed E-state index contributed by atoms with van der Waals surface area (Å²) in [5.41, 5.74) is -0.353. The van der Waals surface area contributed by atoms with Crippen LogP contribution in [0.1, 0.15) is 36.0 Å². The zero-order valence-electron chi connectivity index (χ0n) is 10.8. The molecule has 0 saturated heterocycles. The van der Waals surface area contributed by atoms with Crippen molar-refractivity contribution in [2.24, 2.45) is 0 Å². The zero-order chi connectivity index (χ0) is 14.8. The number of amides is 1. The number of nitrogens with one attached hydrogen (secondary N) is 1. The molecule has 1 fully saturated rings. The Morgan fingerprint density at radius 2 is 2.20 bits per heavy atom. The number of nitrogens with zero attached hydrogens (tertiary/aromatic N) is 1. The Morgan fingerprint density at radius 1 is 1.50 bits per heavy atom. The summed E-state index contributed by atoms with van der Waals surface area (Å²) < 4.78 is 0.381. The normalized spacial score (nSPS) is 16.3. The first-order valence-corrected chi connectivity index (χ1v) is 7.15. The van der Waals surface area contributed by atoms with Crippen molar-refractivity contribution in [3.05, 3.63) is 38.3 Å². The second-order valence-electron chi connectivity index (χ2n) is 5.01. The fourth-order valence-corrected chi connectivity index (χ4v) is 2.69. The standard InChI is InChI=1S/C13H15BrN2O4/c14-11-8-9(16(19)20)2-3-10(11)12(17)15-7-6-13(18)4-1-5-13/h2-3,8,18H,1,4-7H2,(H,15,17). The van der Waals surface area contributed by atoms with E-state index in [0.29, 0.717) is 23.0 Å². The highest BCUT2D eigenvalue weighted by Crippen LogP contribution is 2.34. The van der Waals surface area contributed by atoms with Crippen molar-refractivity contribution >= 4 is 27.5 Å². The molecule has 0 aromatic heterocycles. The van der Waals surface area contributed by atoms with Gasteiger partial charge in [-0.1, -0.05) is 0 Å². The van der Waals surface area contributed by atoms with Gasteiger partial charge < -0.3 is 10.4 Å². The molecule has 1 amide bonds. The van der Waals surface area contributed by atoms with Gasteiger partial charge >= 0.3 is 0 Å². The molecule has 0 radical (unpaired) electrons. The minimum atomic E-state index is -0.625. The molecule has 0 heterocycles. The van der Waals surface area contributed by atoms with E-state index >= 15 is 0 Å². The summed E-state index contributed by atoms with van der Waals surface area (Å²) >= 11 is 3.16. The summed E-state index contributed by atoms with van der Waals surface area (Å²) in [4.78, 5) is 22.0. The van der Waals surface area contributed by atoms with Gasteiger partial charge in [0.15, 0.2) is 0 Å². The van der Waals surface area contributed by atoms with Crippen molar-refractivity contribution in [3.8, 4) is 0 Å². The fourth-order valence-electron chi connectivity index (χ4n) is 2.14. The molecule has 20 heavy (non-hydrogen) atoms. The number of halogens is 1. The number of carbonyl (C=O) groups excluding carboxylic acids is 1. The number of nitro groups is 1. The van der Waals surface area contributed by atoms with Gasteiger partial charge in [0.2, 0.25) is 0 Å². The Kier molecular flexibility index (Phi) is 4.39. The molecule has 2 rings (SSSR count). The molecule has 108 valence electrons. The van der Waals surface area contributed by atoms with Gasteiger partial charge in [-0.2, -0.15) is 0 Å². The van der Waals surface area contributed by atoms with Crippen LogP contribution in [0.25, 0.3) is 0 Å². The van der Waals surface area contributed by atoms with Crippen LogP contribution in [0.3, 0.4) is 0 Å². The SMILES string of the molecule is O=C(NCCC1(O)CCC1)c1ccc([N+](=O)[O-])cc1Br. The first-order valence-electron chi connectivity index (χ1n) is 6.36. The molecule has 7 heteroatoms. The van der Waals surface area contributed by atoms with Crippen molar-refractivity contribution in [2.45, 2.75) is 31.3 Å². The highest BCUT2D eigenvalue weighted by molar-refractivity contribution is 9.10. The van der Waals surface area contributed by atoms with E-state index in [0.717, 1.165) is 19.3 Å². The first kappa shape index (κ1) is 14.9. The minimum Gasteiger partial charge on any atom is -0.390 e. The van der Waals surface area contributed by atoms with Gasteiger partial charge in [0.25, 0.3) is 11.6 Å². The average molecular weight is 343 g/mol. The van der Waals surface area contributed by atoms with E-state index in [9.17, 15) is 20.0 Å². The molecule has 6 nitrogen and oxygen atoms in total. The lowest BCUT2D eigenvalue weighted by Crippen LogP contribution is -2.40. The van der Waals surface area contributed by atoms with E-state index in [1.807, 2.05) is 0 Å². The van der Waals surface area contributed by atoms with Crippen molar-refractivity contribution in [1.29, 1.82) is 0 Å². The molecule has 0 atom stereocenters. The summed E-state index contributed by atoms with van der Waals surface area (Å²) in [5, 5.41) is 23.2. The van der Waals surface area contributed by atoms with Crippen LogP contribution in [0.4, 0.5) is 5.69 Å². The molecule has 1 aromatic rings. The smallest absolute Gasteiger partial charge is 0.270 e. The van der Waals surface area contributed by atoms with Gasteiger partial charge in [-0.15, -0.1) is 0 Å². The quantitative estimate of drug-likeness (QED) is 0.634. The lowest BCUT2D eigenvalue weighted by Gasteiger charge is -2.36. The third kappa shape index (κ3) is 3.34. The van der Waals surface area contributed by atoms with Gasteiger partial charge in [-0.05, 0) is 47.7 Å². The van der Waals surface area contributed by atoms with E-state index in [1.54, 1.807) is 0 Å². The Labute approximate surface area is 124 Å². The van der Waals surface area contributed by atoms with E-state index in [2.05, 4.69) is 21.2 Å². The molecular formula is C13H15BrN2O4. The van der Waals surface area contributed by atoms with Crippen LogP contribution in [0.2, 0.25) is 0 Å². The second-order valence-corrected chi connectivity index (χ2v) is 5.86. The maximum Gasteiger partial charge on any atom is 0.270 e. The average Bonchev–Trinajstić information content (AvgIpc) is 2.36. The van der Waals surface area contributed by atoms with Crippen molar-refractivity contribution < 1.29 is 14.8 Å². The molecule has 1 aliphatic rings. The van der Waals surface area contributed by atoms with Gasteiger partial charge in [0, 0.05) is 23.2 Å². The van der Waals surface area contributed by atoms with Gasteiger partial charge in [0.1, 0.15) is 0 Å². The van der Waals surface area contributed by atoms with Crippen LogP contribution < -0.4 is 5.32 Å². The Bertz CT molecular complexity index is 543. The number of non-ortho nitro benzene ring substituents is 1. The molecule has 1 aromatic carbocycles. The molecule has 0 bridgehead atoms. The van der Waals surface area contributed by atoms with Gasteiger partial charge in [0.05, 0.1) is 16.1 Å². The number of hydrogen-bond donors (Lipinski definition) is 2. The first-order chi connectivity index (χ1) is 9.41. The monoisotopic (exact) mass is 342 g/mol. The van der Waals surface area contributed by atoms with Crippen molar-refractivity contribution in [3.63, 3.8) is 0 Å². The molecule has 0 spiro atoms. The Hall–Kier alpha value is -1.47. The predicted molar refractivity (Wildman–Crippen MR) is 76.5 cm³/mol. The largest absolute Gasteiger partial charge is 0.390 e. The minimum absolute atomic E-state index is 0.0720. The highest BCUT2D eigenvalue weighted by atomic mass is 79.9. The van der Waals surface area contributed by atoms with Crippen molar-refractivity contribution in [1.82, 2.24) is 5.32 Å². The highest BCUT2D eigenvalue weighted by Gasteiger charge is 2.33. The van der Waals surface area contributed by atoms with Crippen LogP contribution in [-0.4, -0.2) is 28.1 Å². The number of carbonyl (C=O) groups is 1. The third-order valence-electron chi connectivity index (χ3n) is 3.57. The van der Waals surface area contributed by atoms with Crippen molar-refractivity contribution in [2.75, 3.05) is 6.54 Å². The summed E-state index contributed by atoms with van der Waals surface area (Å²) in [5.74, 6) is -0.310. The molecule has 2 N–H and O–H groups in total. The molecule has 1 saturated carbocycles. The summed E-state index contributed by atoms with van der Waals surface area (Å²) in [7, 11) is 0. The number of rotatable bonds is 5. The van der Waals surface area contributed by atoms with Crippen LogP contribution in [-0.2, 0) is 0 Å². The predicted octanol–water partition coefficient (Wildman–Crippen LogP) is 2.39. The molecule has 0 unspecified atom stereocenters. The molecule has 0 aliphatic heterocycles. The zero-order valence-corrected chi connectivity index (χ0v) is 12.4. The number of nitro benzene ring substituents is 1. The van der Waals surface area contributed by atoms with Crippen LogP contribution in [0.5, 0.6) is 0 Å². The van der Waals surface area contributed by atoms with E-state index in [1.165, 1.54) is 18.2 Å². The number of hydrogen-bond acceptors (Lipinski definition) is 4. The lowest BCUT2D eigenvalue weighted by molar-refractivity contribution is -0.384. The third-order valence-corrected chi connectivity index (χ3v) is 4.22. The maximum absolute atomic E-state index is 11.9. The topological polar surface area (TPSA) is 92.5 Å². The van der Waals surface area contributed by atoms with Crippen LogP contribution in [0.15, 0.2) is 22.7 Å². The van der Waals surface area contributed by atoms with E-state index in [4.69, 9.17) is 0 Å². The summed E-state index contributed by atoms with van der Waals surface area (Å²) in [6.07, 6.45) is 3.12. The number of benzene rings is 1. The van der Waals surface area contributed by atoms with Crippen LogP contribution >= 0.6 is 15.9 Å². The summed E-state index contributed by atoms with van der Waals surface area (Å²) in [6.45, 7) is 0.388. The molecular weight excluding hydrogens is 328 g/mol. The number of aliphatic hydroxyl groups is 1. The fraction of sp³-hybridized carbons (Fsp3) is 0.462. The molecule has 1 aliphatic carbocycles. The maximum atomic E-state index is 11.9. The van der Waals surface area contributed by atoms with Gasteiger partial charge in [-0.3, -0.25) is 14.9 Å². The van der Waals surface area contributed by atoms with E-state index in [-0.39, 0.29) is 11.6 Å². The second kappa shape index (κ2) is 5.88. The van der Waals surface area contributed by atoms with Crippen LogP contribution in [0, 0.1) is 10.1 Å². The van der Waals surface area contributed by atoms with E-state index < -0.39 is 10.5 Å². The van der Waals surface area contributed by atoms with Gasteiger partial charge in [-0.25, -0.2) is 0 Å². The summed E-state index contributed by atoms with van der Waals surface area (Å²) in [6, 6.07) is 4.00.